The first kappa shape index (κ1) is 12.4. The number of carbonyl (C=O) groups excluding carboxylic acids is 1. The van der Waals surface area contributed by atoms with E-state index in [4.69, 9.17) is 4.74 Å². The molecule has 106 valence electrons. The van der Waals surface area contributed by atoms with Crippen molar-refractivity contribution in [2.45, 2.75) is 50.0 Å². The van der Waals surface area contributed by atoms with Gasteiger partial charge < -0.3 is 15.4 Å². The van der Waals surface area contributed by atoms with Crippen molar-refractivity contribution in [3.63, 3.8) is 0 Å². The Balaban J connectivity index is 1.49. The van der Waals surface area contributed by atoms with Gasteiger partial charge >= 0.3 is 0 Å². The van der Waals surface area contributed by atoms with Crippen LogP contribution >= 0.6 is 0 Å². The Morgan fingerprint density at radius 1 is 1.30 bits per heavy atom. The molecule has 2 bridgehead atoms. The van der Waals surface area contributed by atoms with Crippen LogP contribution in [0.5, 0.6) is 0 Å². The van der Waals surface area contributed by atoms with Crippen LogP contribution in [0.1, 0.15) is 36.3 Å². The highest BCUT2D eigenvalue weighted by atomic mass is 16.5. The highest BCUT2D eigenvalue weighted by Gasteiger charge is 2.42. The molecule has 4 atom stereocenters. The zero-order valence-corrected chi connectivity index (χ0v) is 11.5. The lowest BCUT2D eigenvalue weighted by Crippen LogP contribution is -2.46. The van der Waals surface area contributed by atoms with E-state index in [9.17, 15) is 4.79 Å². The topological polar surface area (TPSA) is 50.4 Å². The molecule has 4 heteroatoms. The molecule has 1 aromatic rings. The van der Waals surface area contributed by atoms with Gasteiger partial charge in [0.2, 0.25) is 5.91 Å². The van der Waals surface area contributed by atoms with E-state index in [1.54, 1.807) is 0 Å². The fourth-order valence-electron chi connectivity index (χ4n) is 3.80. The van der Waals surface area contributed by atoms with Gasteiger partial charge in [0, 0.05) is 13.1 Å². The standard InChI is InChI=1S/C16H20N2O2/c19-16(18-14-7-11-5-6-15(14)20-11)13-9-17-8-10-3-1-2-4-12(10)13/h1-4,11,13-15,17H,5-9H2,(H,18,19). The SMILES string of the molecule is O=C(NC1CC2CCC1O2)C1CNCc2ccccc21. The van der Waals surface area contributed by atoms with Crippen LogP contribution in [-0.2, 0) is 16.1 Å². The first-order valence-corrected chi connectivity index (χ1v) is 7.55. The maximum absolute atomic E-state index is 12.6. The second-order valence-electron chi connectivity index (χ2n) is 6.11. The van der Waals surface area contributed by atoms with E-state index in [0.29, 0.717) is 6.10 Å². The number of hydrogen-bond donors (Lipinski definition) is 2. The molecule has 2 N–H and O–H groups in total. The summed E-state index contributed by atoms with van der Waals surface area (Å²) in [6.45, 7) is 1.59. The fraction of sp³-hybridized carbons (Fsp3) is 0.562. The van der Waals surface area contributed by atoms with Crippen LogP contribution in [0, 0.1) is 0 Å². The molecular formula is C16H20N2O2. The third-order valence-electron chi connectivity index (χ3n) is 4.84. The molecule has 0 spiro atoms. The number of fused-ring (bicyclic) bond motifs is 3. The summed E-state index contributed by atoms with van der Waals surface area (Å²) in [4.78, 5) is 12.6. The van der Waals surface area contributed by atoms with Gasteiger partial charge in [0.15, 0.2) is 0 Å². The van der Waals surface area contributed by atoms with Crippen molar-refractivity contribution in [3.8, 4) is 0 Å². The Kier molecular flexibility index (Phi) is 3.00. The molecule has 1 amide bonds. The van der Waals surface area contributed by atoms with E-state index < -0.39 is 0 Å². The van der Waals surface area contributed by atoms with Crippen LogP contribution in [0.3, 0.4) is 0 Å². The molecule has 4 nitrogen and oxygen atoms in total. The number of ether oxygens (including phenoxy) is 1. The smallest absolute Gasteiger partial charge is 0.229 e. The number of hydrogen-bond acceptors (Lipinski definition) is 3. The van der Waals surface area contributed by atoms with E-state index in [1.165, 1.54) is 11.1 Å². The monoisotopic (exact) mass is 272 g/mol. The lowest BCUT2D eigenvalue weighted by Gasteiger charge is -2.28. The lowest BCUT2D eigenvalue weighted by molar-refractivity contribution is -0.123. The molecule has 20 heavy (non-hydrogen) atoms. The summed E-state index contributed by atoms with van der Waals surface area (Å²) in [5, 5.41) is 6.56. The zero-order chi connectivity index (χ0) is 13.5. The molecule has 2 saturated heterocycles. The quantitative estimate of drug-likeness (QED) is 0.853. The summed E-state index contributed by atoms with van der Waals surface area (Å²) in [5.41, 5.74) is 2.41. The van der Waals surface area contributed by atoms with Crippen molar-refractivity contribution < 1.29 is 9.53 Å². The maximum atomic E-state index is 12.6. The van der Waals surface area contributed by atoms with Gasteiger partial charge in [0.1, 0.15) is 0 Å². The Morgan fingerprint density at radius 3 is 3.00 bits per heavy atom. The number of rotatable bonds is 2. The van der Waals surface area contributed by atoms with Gasteiger partial charge in [-0.25, -0.2) is 0 Å². The predicted octanol–water partition coefficient (Wildman–Crippen LogP) is 1.31. The van der Waals surface area contributed by atoms with Crippen LogP contribution in [0.2, 0.25) is 0 Å². The second kappa shape index (κ2) is 4.86. The van der Waals surface area contributed by atoms with Gasteiger partial charge in [-0.05, 0) is 30.4 Å². The van der Waals surface area contributed by atoms with Crippen molar-refractivity contribution in [2.24, 2.45) is 0 Å². The highest BCUT2D eigenvalue weighted by Crippen LogP contribution is 2.35. The molecule has 0 radical (unpaired) electrons. The van der Waals surface area contributed by atoms with E-state index in [1.807, 2.05) is 12.1 Å². The van der Waals surface area contributed by atoms with Crippen molar-refractivity contribution in [2.75, 3.05) is 6.54 Å². The Hall–Kier alpha value is -1.39. The first-order chi connectivity index (χ1) is 9.81. The Morgan fingerprint density at radius 2 is 2.20 bits per heavy atom. The summed E-state index contributed by atoms with van der Waals surface area (Å²) in [5.74, 6) is 0.0740. The molecule has 0 aromatic heterocycles. The van der Waals surface area contributed by atoms with Crippen LogP contribution in [0.4, 0.5) is 0 Å². The maximum Gasteiger partial charge on any atom is 0.229 e. The number of nitrogens with one attached hydrogen (secondary N) is 2. The van der Waals surface area contributed by atoms with Gasteiger partial charge in [-0.3, -0.25) is 4.79 Å². The van der Waals surface area contributed by atoms with Crippen LogP contribution in [-0.4, -0.2) is 30.7 Å². The van der Waals surface area contributed by atoms with Crippen LogP contribution < -0.4 is 10.6 Å². The minimum absolute atomic E-state index is 0.0703. The number of benzene rings is 1. The lowest BCUT2D eigenvalue weighted by atomic mass is 9.89. The van der Waals surface area contributed by atoms with Crippen LogP contribution in [0.25, 0.3) is 0 Å². The first-order valence-electron chi connectivity index (χ1n) is 7.55. The summed E-state index contributed by atoms with van der Waals surface area (Å²) in [6.07, 6.45) is 3.86. The van der Waals surface area contributed by atoms with Gasteiger partial charge in [-0.1, -0.05) is 24.3 Å². The second-order valence-corrected chi connectivity index (χ2v) is 6.11. The molecule has 3 aliphatic heterocycles. The molecule has 3 aliphatic rings. The van der Waals surface area contributed by atoms with Gasteiger partial charge in [-0.2, -0.15) is 0 Å². The molecule has 4 unspecified atom stereocenters. The van der Waals surface area contributed by atoms with E-state index in [-0.39, 0.29) is 24.0 Å². The van der Waals surface area contributed by atoms with E-state index >= 15 is 0 Å². The minimum atomic E-state index is -0.0703. The predicted molar refractivity (Wildman–Crippen MR) is 75.3 cm³/mol. The summed E-state index contributed by atoms with van der Waals surface area (Å²) in [6, 6.07) is 8.45. The molecule has 0 aliphatic carbocycles. The Bertz CT molecular complexity index is 531. The number of amides is 1. The van der Waals surface area contributed by atoms with Crippen molar-refractivity contribution in [1.82, 2.24) is 10.6 Å². The summed E-state index contributed by atoms with van der Waals surface area (Å²) >= 11 is 0. The minimum Gasteiger partial charge on any atom is -0.373 e. The highest BCUT2D eigenvalue weighted by molar-refractivity contribution is 5.85. The fourth-order valence-corrected chi connectivity index (χ4v) is 3.80. The molecule has 2 fully saturated rings. The Labute approximate surface area is 118 Å². The van der Waals surface area contributed by atoms with Gasteiger partial charge in [0.05, 0.1) is 24.2 Å². The molecule has 1 aromatic carbocycles. The third-order valence-corrected chi connectivity index (χ3v) is 4.84. The third kappa shape index (κ3) is 2.03. The number of carbonyl (C=O) groups is 1. The molecule has 0 saturated carbocycles. The van der Waals surface area contributed by atoms with Crippen molar-refractivity contribution in [1.29, 1.82) is 0 Å². The summed E-state index contributed by atoms with van der Waals surface area (Å²) in [7, 11) is 0. The largest absolute Gasteiger partial charge is 0.373 e. The van der Waals surface area contributed by atoms with Crippen molar-refractivity contribution in [3.05, 3.63) is 35.4 Å². The average Bonchev–Trinajstić information content (AvgIpc) is 3.09. The van der Waals surface area contributed by atoms with Crippen molar-refractivity contribution >= 4 is 5.91 Å². The average molecular weight is 272 g/mol. The van der Waals surface area contributed by atoms with Crippen LogP contribution in [0.15, 0.2) is 24.3 Å². The van der Waals surface area contributed by atoms with E-state index in [0.717, 1.165) is 32.4 Å². The summed E-state index contributed by atoms with van der Waals surface area (Å²) < 4.78 is 5.81. The normalized spacial score (nSPS) is 34.8. The molecule has 3 heterocycles. The zero-order valence-electron chi connectivity index (χ0n) is 11.5. The molecular weight excluding hydrogens is 252 g/mol. The molecule has 4 rings (SSSR count). The van der Waals surface area contributed by atoms with Gasteiger partial charge in [-0.15, -0.1) is 0 Å². The van der Waals surface area contributed by atoms with Gasteiger partial charge in [0.25, 0.3) is 0 Å². The van der Waals surface area contributed by atoms with E-state index in [2.05, 4.69) is 22.8 Å².